The van der Waals surface area contributed by atoms with E-state index in [2.05, 4.69) is 0 Å². The molecular weight excluding hydrogens is 272 g/mol. The van der Waals surface area contributed by atoms with E-state index in [0.29, 0.717) is 23.1 Å². The SMILES string of the molecule is CC1CC(=O)c2c(cc(O)c3c4c(c(=O)oc23)CCC4)O1. The van der Waals surface area contributed by atoms with Gasteiger partial charge in [0.25, 0.3) is 0 Å². The predicted octanol–water partition coefficient (Wildman–Crippen LogP) is 2.34. The topological polar surface area (TPSA) is 76.7 Å². The monoisotopic (exact) mass is 286 g/mol. The number of ketones is 1. The number of phenolic OH excluding ortho intramolecular Hbond substituents is 1. The molecule has 1 aromatic carbocycles. The van der Waals surface area contributed by atoms with Crippen molar-refractivity contribution in [3.05, 3.63) is 33.2 Å². The number of phenols is 1. The van der Waals surface area contributed by atoms with E-state index >= 15 is 0 Å². The first-order chi connectivity index (χ1) is 10.1. The van der Waals surface area contributed by atoms with E-state index in [4.69, 9.17) is 9.15 Å². The highest BCUT2D eigenvalue weighted by Gasteiger charge is 2.31. The highest BCUT2D eigenvalue weighted by molar-refractivity contribution is 6.11. The Morgan fingerprint density at radius 3 is 2.81 bits per heavy atom. The van der Waals surface area contributed by atoms with Crippen LogP contribution in [0.4, 0.5) is 0 Å². The average molecular weight is 286 g/mol. The van der Waals surface area contributed by atoms with Gasteiger partial charge < -0.3 is 14.3 Å². The normalized spacial score (nSPS) is 20.2. The molecule has 2 aromatic rings. The van der Waals surface area contributed by atoms with Crippen LogP contribution in [0.5, 0.6) is 11.5 Å². The van der Waals surface area contributed by atoms with Gasteiger partial charge in [-0.05, 0) is 31.7 Å². The Hall–Kier alpha value is -2.30. The molecule has 0 radical (unpaired) electrons. The summed E-state index contributed by atoms with van der Waals surface area (Å²) in [6.45, 7) is 1.79. The molecule has 1 aliphatic carbocycles. The van der Waals surface area contributed by atoms with Crippen molar-refractivity contribution in [1.29, 1.82) is 0 Å². The zero-order chi connectivity index (χ0) is 14.7. The van der Waals surface area contributed by atoms with Crippen LogP contribution in [0.25, 0.3) is 11.0 Å². The first-order valence-electron chi connectivity index (χ1n) is 7.10. The van der Waals surface area contributed by atoms with Gasteiger partial charge in [0.15, 0.2) is 11.4 Å². The summed E-state index contributed by atoms with van der Waals surface area (Å²) in [7, 11) is 0. The summed E-state index contributed by atoms with van der Waals surface area (Å²) in [5.74, 6) is 0.187. The zero-order valence-electron chi connectivity index (χ0n) is 11.6. The minimum absolute atomic E-state index is 0.00699. The minimum atomic E-state index is -0.408. The zero-order valence-corrected chi connectivity index (χ0v) is 11.6. The van der Waals surface area contributed by atoms with Crippen LogP contribution in [0.1, 0.15) is 41.3 Å². The van der Waals surface area contributed by atoms with E-state index in [1.165, 1.54) is 6.07 Å². The maximum Gasteiger partial charge on any atom is 0.339 e. The molecule has 1 N–H and O–H groups in total. The number of ether oxygens (including phenoxy) is 1. The number of rotatable bonds is 0. The Kier molecular flexibility index (Phi) is 2.43. The van der Waals surface area contributed by atoms with Gasteiger partial charge in [0.1, 0.15) is 23.2 Å². The van der Waals surface area contributed by atoms with Crippen LogP contribution in [0.2, 0.25) is 0 Å². The summed E-state index contributed by atoms with van der Waals surface area (Å²) in [6.07, 6.45) is 2.23. The summed E-state index contributed by atoms with van der Waals surface area (Å²) < 4.78 is 11.0. The number of Topliss-reactive ketones (excluding diaryl/α,β-unsaturated/α-hetero) is 1. The van der Waals surface area contributed by atoms with Crippen molar-refractivity contribution in [1.82, 2.24) is 0 Å². The Morgan fingerprint density at radius 1 is 1.24 bits per heavy atom. The van der Waals surface area contributed by atoms with Crippen molar-refractivity contribution in [2.75, 3.05) is 0 Å². The molecule has 1 aliphatic heterocycles. The van der Waals surface area contributed by atoms with Crippen molar-refractivity contribution >= 4 is 16.8 Å². The molecule has 4 rings (SSSR count). The summed E-state index contributed by atoms with van der Waals surface area (Å²) in [5.41, 5.74) is 1.48. The molecule has 0 saturated carbocycles. The number of benzene rings is 1. The standard InChI is InChI=1S/C16H14O5/c1-7-5-10(17)14-12(20-7)6-11(18)13-8-3-2-4-9(8)16(19)21-15(13)14/h6-7,18H,2-5H2,1H3. The number of hydrogen-bond acceptors (Lipinski definition) is 5. The summed E-state index contributed by atoms with van der Waals surface area (Å²) in [4.78, 5) is 24.4. The molecule has 2 heterocycles. The van der Waals surface area contributed by atoms with Crippen LogP contribution in [0, 0.1) is 0 Å². The highest BCUT2D eigenvalue weighted by Crippen LogP contribution is 2.42. The quantitative estimate of drug-likeness (QED) is 0.752. The number of fused-ring (bicyclic) bond motifs is 5. The molecule has 1 atom stereocenters. The molecule has 0 bridgehead atoms. The number of hydrogen-bond donors (Lipinski definition) is 1. The fourth-order valence-electron chi connectivity index (χ4n) is 3.39. The van der Waals surface area contributed by atoms with E-state index in [1.807, 2.05) is 0 Å². The molecule has 0 spiro atoms. The molecule has 1 unspecified atom stereocenters. The molecule has 0 fully saturated rings. The van der Waals surface area contributed by atoms with E-state index in [0.717, 1.165) is 18.4 Å². The summed E-state index contributed by atoms with van der Waals surface area (Å²) in [5, 5.41) is 10.8. The highest BCUT2D eigenvalue weighted by atomic mass is 16.5. The van der Waals surface area contributed by atoms with E-state index in [9.17, 15) is 14.7 Å². The first kappa shape index (κ1) is 12.4. The number of aromatic hydroxyl groups is 1. The van der Waals surface area contributed by atoms with Gasteiger partial charge in [-0.25, -0.2) is 4.79 Å². The fourth-order valence-corrected chi connectivity index (χ4v) is 3.39. The lowest BCUT2D eigenvalue weighted by Crippen LogP contribution is -2.24. The van der Waals surface area contributed by atoms with Gasteiger partial charge in [-0.1, -0.05) is 0 Å². The van der Waals surface area contributed by atoms with Gasteiger partial charge in [0, 0.05) is 18.1 Å². The molecule has 0 amide bonds. The average Bonchev–Trinajstić information content (AvgIpc) is 2.86. The first-order valence-corrected chi connectivity index (χ1v) is 7.10. The van der Waals surface area contributed by atoms with Crippen molar-refractivity contribution < 1.29 is 19.1 Å². The third-order valence-corrected chi connectivity index (χ3v) is 4.27. The van der Waals surface area contributed by atoms with Crippen LogP contribution < -0.4 is 10.4 Å². The fraction of sp³-hybridized carbons (Fsp3) is 0.375. The Balaban J connectivity index is 2.16. The smallest absolute Gasteiger partial charge is 0.339 e. The Labute approximate surface area is 120 Å². The van der Waals surface area contributed by atoms with Gasteiger partial charge in [-0.3, -0.25) is 4.79 Å². The van der Waals surface area contributed by atoms with Crippen LogP contribution in [0.15, 0.2) is 15.3 Å². The summed E-state index contributed by atoms with van der Waals surface area (Å²) in [6, 6.07) is 1.46. The lowest BCUT2D eigenvalue weighted by Gasteiger charge is -2.23. The molecule has 1 aromatic heterocycles. The lowest BCUT2D eigenvalue weighted by atomic mass is 9.96. The Bertz CT molecular complexity index is 846. The minimum Gasteiger partial charge on any atom is -0.507 e. The maximum atomic E-state index is 12.3. The van der Waals surface area contributed by atoms with Crippen LogP contribution >= 0.6 is 0 Å². The van der Waals surface area contributed by atoms with Gasteiger partial charge >= 0.3 is 5.63 Å². The lowest BCUT2D eigenvalue weighted by molar-refractivity contribution is 0.0871. The van der Waals surface area contributed by atoms with Crippen LogP contribution in [-0.2, 0) is 12.8 Å². The largest absolute Gasteiger partial charge is 0.507 e. The van der Waals surface area contributed by atoms with E-state index < -0.39 is 5.63 Å². The number of carbonyl (C=O) groups is 1. The second-order valence-electron chi connectivity index (χ2n) is 5.73. The van der Waals surface area contributed by atoms with Gasteiger partial charge in [0.2, 0.25) is 0 Å². The molecular formula is C16H14O5. The molecule has 2 aliphatic rings. The van der Waals surface area contributed by atoms with Gasteiger partial charge in [0.05, 0.1) is 5.39 Å². The van der Waals surface area contributed by atoms with E-state index in [1.54, 1.807) is 6.92 Å². The van der Waals surface area contributed by atoms with E-state index in [-0.39, 0.29) is 35.2 Å². The van der Waals surface area contributed by atoms with Crippen molar-refractivity contribution in [3.8, 4) is 11.5 Å². The van der Waals surface area contributed by atoms with Crippen molar-refractivity contribution in [2.45, 2.75) is 38.7 Å². The third-order valence-electron chi connectivity index (χ3n) is 4.27. The molecule has 5 heteroatoms. The van der Waals surface area contributed by atoms with Crippen molar-refractivity contribution in [3.63, 3.8) is 0 Å². The molecule has 108 valence electrons. The molecule has 21 heavy (non-hydrogen) atoms. The number of carbonyl (C=O) groups excluding carboxylic acids is 1. The second-order valence-corrected chi connectivity index (χ2v) is 5.73. The Morgan fingerprint density at radius 2 is 2.00 bits per heavy atom. The molecule has 0 saturated heterocycles. The van der Waals surface area contributed by atoms with Gasteiger partial charge in [-0.15, -0.1) is 0 Å². The van der Waals surface area contributed by atoms with Gasteiger partial charge in [-0.2, -0.15) is 0 Å². The molecule has 5 nitrogen and oxygen atoms in total. The second kappa shape index (κ2) is 4.10. The number of aryl methyl sites for hydroxylation is 1. The van der Waals surface area contributed by atoms with Crippen molar-refractivity contribution in [2.24, 2.45) is 0 Å². The van der Waals surface area contributed by atoms with Crippen LogP contribution in [0.3, 0.4) is 0 Å². The summed E-state index contributed by atoms with van der Waals surface area (Å²) >= 11 is 0. The predicted molar refractivity (Wildman–Crippen MR) is 75.2 cm³/mol. The van der Waals surface area contributed by atoms with Crippen LogP contribution in [-0.4, -0.2) is 17.0 Å². The third kappa shape index (κ3) is 1.63. The maximum absolute atomic E-state index is 12.3.